The number of aromatic nitrogens is 3. The Kier molecular flexibility index (Phi) is 4.87. The quantitative estimate of drug-likeness (QED) is 0.263. The van der Waals surface area contributed by atoms with Gasteiger partial charge in [0.25, 0.3) is 0 Å². The van der Waals surface area contributed by atoms with E-state index < -0.39 is 32.9 Å². The molecule has 11 nitrogen and oxygen atoms in total. The second kappa shape index (κ2) is 7.50. The van der Waals surface area contributed by atoms with Gasteiger partial charge in [0.15, 0.2) is 5.82 Å². The zero-order chi connectivity index (χ0) is 22.6. The highest BCUT2D eigenvalue weighted by molar-refractivity contribution is 7.46. The number of imidazole rings is 1. The number of nitrogens with two attached hydrogens (primary N) is 1. The highest BCUT2D eigenvalue weighted by Gasteiger charge is 2.37. The van der Waals surface area contributed by atoms with Gasteiger partial charge in [0.1, 0.15) is 17.8 Å². The molecule has 12 heteroatoms. The minimum Gasteiger partial charge on any atom is -0.390 e. The van der Waals surface area contributed by atoms with Gasteiger partial charge in [-0.05, 0) is 35.0 Å². The number of aliphatic hydroxyl groups excluding tert-OH is 1. The second-order valence-electron chi connectivity index (χ2n) is 7.61. The van der Waals surface area contributed by atoms with Gasteiger partial charge >= 0.3 is 7.82 Å². The Morgan fingerprint density at radius 2 is 2.12 bits per heavy atom. The Labute approximate surface area is 180 Å². The topological polar surface area (TPSA) is 177 Å². The summed E-state index contributed by atoms with van der Waals surface area (Å²) in [6, 6.07) is 11.3. The van der Waals surface area contributed by atoms with Gasteiger partial charge in [0.05, 0.1) is 41.7 Å². The van der Waals surface area contributed by atoms with Gasteiger partial charge in [-0.15, -0.1) is 0 Å². The van der Waals surface area contributed by atoms with Crippen molar-refractivity contribution in [2.75, 3.05) is 12.3 Å². The lowest BCUT2D eigenvalue weighted by molar-refractivity contribution is -0.0422. The molecule has 4 aromatic rings. The first-order valence-corrected chi connectivity index (χ1v) is 11.2. The third-order valence-electron chi connectivity index (χ3n) is 5.54. The summed E-state index contributed by atoms with van der Waals surface area (Å²) in [5.74, 6) is 0.235. The lowest BCUT2D eigenvalue weighted by Crippen LogP contribution is -2.25. The number of pyridine rings is 1. The van der Waals surface area contributed by atoms with Crippen molar-refractivity contribution in [1.82, 2.24) is 14.5 Å². The van der Waals surface area contributed by atoms with Crippen LogP contribution in [0.15, 0.2) is 36.7 Å². The van der Waals surface area contributed by atoms with E-state index in [0.29, 0.717) is 22.1 Å². The van der Waals surface area contributed by atoms with Gasteiger partial charge in [0.2, 0.25) is 0 Å². The van der Waals surface area contributed by atoms with Gasteiger partial charge < -0.3 is 29.9 Å². The number of nitriles is 1. The molecular formula is C20H18N5O6P. The first kappa shape index (κ1) is 20.8. The SMILES string of the molecule is N#Cc1ccc2cc3nc(N)c4ncn([C@H]5C[C@@H](O)[C@@H](COP(=O)(O)O)O5)c4c3cc2c1. The highest BCUT2D eigenvalue weighted by Crippen LogP contribution is 2.40. The molecule has 3 atom stereocenters. The molecule has 2 aromatic heterocycles. The van der Waals surface area contributed by atoms with E-state index in [0.717, 1.165) is 16.2 Å². The first-order valence-electron chi connectivity index (χ1n) is 9.67. The average Bonchev–Trinajstić information content (AvgIpc) is 3.34. The highest BCUT2D eigenvalue weighted by atomic mass is 31.2. The molecule has 0 bridgehead atoms. The molecule has 1 saturated heterocycles. The summed E-state index contributed by atoms with van der Waals surface area (Å²) >= 11 is 0. The zero-order valence-corrected chi connectivity index (χ0v) is 17.4. The molecule has 164 valence electrons. The largest absolute Gasteiger partial charge is 0.469 e. The maximum absolute atomic E-state index is 11.0. The number of nitrogen functional groups attached to an aromatic ring is 1. The monoisotopic (exact) mass is 455 g/mol. The molecule has 0 saturated carbocycles. The van der Waals surface area contributed by atoms with E-state index in [1.165, 1.54) is 6.33 Å². The number of hydrogen-bond donors (Lipinski definition) is 4. The number of ether oxygens (including phenoxy) is 1. The van der Waals surface area contributed by atoms with Crippen molar-refractivity contribution in [3.63, 3.8) is 0 Å². The molecule has 2 aromatic carbocycles. The van der Waals surface area contributed by atoms with Gasteiger partial charge in [-0.25, -0.2) is 14.5 Å². The van der Waals surface area contributed by atoms with E-state index in [9.17, 15) is 14.9 Å². The number of benzene rings is 2. The zero-order valence-electron chi connectivity index (χ0n) is 16.5. The van der Waals surface area contributed by atoms with Crippen LogP contribution in [-0.2, 0) is 13.8 Å². The summed E-state index contributed by atoms with van der Waals surface area (Å²) in [4.78, 5) is 26.7. The van der Waals surface area contributed by atoms with E-state index in [1.807, 2.05) is 18.2 Å². The Morgan fingerprint density at radius 3 is 2.88 bits per heavy atom. The second-order valence-corrected chi connectivity index (χ2v) is 8.85. The Hall–Kier alpha value is -3.10. The number of anilines is 1. The Balaban J connectivity index is 1.62. The fraction of sp³-hybridized carbons (Fsp3) is 0.250. The minimum atomic E-state index is -4.69. The average molecular weight is 455 g/mol. The molecule has 5 N–H and O–H groups in total. The van der Waals surface area contributed by atoms with E-state index in [-0.39, 0.29) is 12.2 Å². The van der Waals surface area contributed by atoms with Gasteiger partial charge in [-0.1, -0.05) is 6.07 Å². The van der Waals surface area contributed by atoms with Crippen molar-refractivity contribution in [2.45, 2.75) is 24.9 Å². The number of nitrogens with zero attached hydrogens (tertiary/aromatic N) is 4. The minimum absolute atomic E-state index is 0.163. The summed E-state index contributed by atoms with van der Waals surface area (Å²) in [7, 11) is -4.69. The molecule has 32 heavy (non-hydrogen) atoms. The van der Waals surface area contributed by atoms with Crippen LogP contribution in [0.1, 0.15) is 18.2 Å². The van der Waals surface area contributed by atoms with E-state index in [4.69, 9.17) is 20.3 Å². The summed E-state index contributed by atoms with van der Waals surface area (Å²) in [5, 5.41) is 22.0. The number of hydrogen-bond acceptors (Lipinski definition) is 8. The van der Waals surface area contributed by atoms with Crippen molar-refractivity contribution < 1.29 is 28.7 Å². The lowest BCUT2D eigenvalue weighted by atomic mass is 10.0. The molecule has 0 radical (unpaired) electrons. The molecule has 0 amide bonds. The van der Waals surface area contributed by atoms with Crippen molar-refractivity contribution >= 4 is 46.3 Å². The predicted molar refractivity (Wildman–Crippen MR) is 114 cm³/mol. The summed E-state index contributed by atoms with van der Waals surface area (Å²) < 4.78 is 23.0. The number of aliphatic hydroxyl groups is 1. The fourth-order valence-corrected chi connectivity index (χ4v) is 4.40. The Morgan fingerprint density at radius 1 is 1.31 bits per heavy atom. The molecule has 1 fully saturated rings. The van der Waals surface area contributed by atoms with Crippen molar-refractivity contribution in [2.24, 2.45) is 0 Å². The smallest absolute Gasteiger partial charge is 0.390 e. The van der Waals surface area contributed by atoms with Crippen molar-refractivity contribution in [3.8, 4) is 6.07 Å². The van der Waals surface area contributed by atoms with Gasteiger partial charge in [-0.3, -0.25) is 4.52 Å². The molecule has 0 unspecified atom stereocenters. The van der Waals surface area contributed by atoms with Crippen LogP contribution in [0.2, 0.25) is 0 Å². The number of fused-ring (bicyclic) bond motifs is 4. The lowest BCUT2D eigenvalue weighted by Gasteiger charge is -2.17. The summed E-state index contributed by atoms with van der Waals surface area (Å²) in [6.07, 6.45) is -0.882. The Bertz CT molecular complexity index is 1460. The summed E-state index contributed by atoms with van der Waals surface area (Å²) in [6.45, 7) is -0.458. The van der Waals surface area contributed by atoms with Crippen LogP contribution in [0.3, 0.4) is 0 Å². The third kappa shape index (κ3) is 3.59. The maximum Gasteiger partial charge on any atom is 0.469 e. The molecule has 5 rings (SSSR count). The van der Waals surface area contributed by atoms with Crippen molar-refractivity contribution in [3.05, 3.63) is 42.2 Å². The van der Waals surface area contributed by atoms with Crippen LogP contribution >= 0.6 is 7.82 Å². The molecular weight excluding hydrogens is 437 g/mol. The van der Waals surface area contributed by atoms with Crippen molar-refractivity contribution in [1.29, 1.82) is 5.26 Å². The number of phosphoric acid groups is 1. The van der Waals surface area contributed by atoms with Gasteiger partial charge in [-0.2, -0.15) is 5.26 Å². The van der Waals surface area contributed by atoms with E-state index in [1.54, 1.807) is 16.7 Å². The predicted octanol–water partition coefficient (Wildman–Crippen LogP) is 1.95. The molecule has 0 aliphatic carbocycles. The number of phosphoric ester groups is 1. The fourth-order valence-electron chi connectivity index (χ4n) is 4.06. The van der Waals surface area contributed by atoms with Crippen LogP contribution in [0, 0.1) is 11.3 Å². The third-order valence-corrected chi connectivity index (χ3v) is 6.02. The van der Waals surface area contributed by atoms with E-state index in [2.05, 4.69) is 20.6 Å². The van der Waals surface area contributed by atoms with Crippen LogP contribution in [0.5, 0.6) is 0 Å². The molecule has 1 aliphatic rings. The van der Waals surface area contributed by atoms with Gasteiger partial charge in [0, 0.05) is 11.8 Å². The van der Waals surface area contributed by atoms with Crippen LogP contribution in [0.4, 0.5) is 5.82 Å². The standard InChI is InChI=1S/C20H18N5O6P/c21-7-10-1-2-11-5-14-13(4-12(11)3-10)19-18(20(22)24-14)23-9-25(19)17-6-15(26)16(31-17)8-30-32(27,28)29/h1-5,9,15-17,26H,6,8H2,(H2,22,24)(H2,27,28,29)/t15-,16-,17-/m1/s1. The van der Waals surface area contributed by atoms with Crippen LogP contribution in [0.25, 0.3) is 32.7 Å². The maximum atomic E-state index is 11.0. The number of rotatable bonds is 4. The molecule has 0 spiro atoms. The molecule has 1 aliphatic heterocycles. The molecule has 3 heterocycles. The first-order chi connectivity index (χ1) is 15.2. The summed E-state index contributed by atoms with van der Waals surface area (Å²) in [5.41, 5.74) is 8.41. The normalized spacial score (nSPS) is 21.5. The van der Waals surface area contributed by atoms with E-state index >= 15 is 0 Å². The van der Waals surface area contributed by atoms with Crippen LogP contribution in [-0.4, -0.2) is 48.2 Å². The van der Waals surface area contributed by atoms with Crippen LogP contribution < -0.4 is 5.73 Å².